The second-order valence-electron chi connectivity index (χ2n) is 9.77. The lowest BCUT2D eigenvalue weighted by molar-refractivity contribution is -0.119. The predicted molar refractivity (Wildman–Crippen MR) is 128 cm³/mol. The van der Waals surface area contributed by atoms with E-state index in [0.29, 0.717) is 12.1 Å². The highest BCUT2D eigenvalue weighted by Gasteiger charge is 2.46. The van der Waals surface area contributed by atoms with Crippen LogP contribution in [0.15, 0.2) is 30.3 Å². The highest BCUT2D eigenvalue weighted by Crippen LogP contribution is 2.49. The first kappa shape index (κ1) is 21.8. The third kappa shape index (κ3) is 4.72. The number of benzene rings is 1. The number of nitrogens with one attached hydrogen (secondary N) is 1. The number of hydrogen-bond donors (Lipinski definition) is 1. The molecule has 0 unspecified atom stereocenters. The van der Waals surface area contributed by atoms with Gasteiger partial charge in [-0.15, -0.1) is 0 Å². The van der Waals surface area contributed by atoms with Crippen LogP contribution in [0.3, 0.4) is 0 Å². The number of sulfonamides is 1. The third-order valence-corrected chi connectivity index (χ3v) is 8.41. The minimum absolute atomic E-state index is 0.0185. The van der Waals surface area contributed by atoms with Gasteiger partial charge in [0, 0.05) is 42.1 Å². The first-order chi connectivity index (χ1) is 15.8. The Kier molecular flexibility index (Phi) is 5.37. The van der Waals surface area contributed by atoms with Crippen molar-refractivity contribution < 1.29 is 13.2 Å². The van der Waals surface area contributed by atoms with E-state index in [-0.39, 0.29) is 29.3 Å². The van der Waals surface area contributed by atoms with Crippen LogP contribution in [0, 0.1) is 29.6 Å². The molecule has 0 atom stereocenters. The summed E-state index contributed by atoms with van der Waals surface area (Å²) >= 11 is 0. The van der Waals surface area contributed by atoms with Gasteiger partial charge in [0.1, 0.15) is 5.78 Å². The molecular formula is C26H27N3O3S. The van der Waals surface area contributed by atoms with Gasteiger partial charge in [0.05, 0.1) is 17.5 Å². The Labute approximate surface area is 194 Å². The molecule has 2 saturated carbocycles. The molecule has 0 bridgehead atoms. The first-order valence-electron chi connectivity index (χ1n) is 11.5. The zero-order valence-corrected chi connectivity index (χ0v) is 19.5. The van der Waals surface area contributed by atoms with Crippen LogP contribution < -0.4 is 4.72 Å². The predicted octanol–water partition coefficient (Wildman–Crippen LogP) is 4.58. The molecule has 6 nitrogen and oxygen atoms in total. The summed E-state index contributed by atoms with van der Waals surface area (Å²) in [4.78, 5) is 17.1. The van der Waals surface area contributed by atoms with E-state index in [1.54, 1.807) is 6.07 Å². The lowest BCUT2D eigenvalue weighted by atomic mass is 9.94. The Morgan fingerprint density at radius 2 is 2.03 bits per heavy atom. The summed E-state index contributed by atoms with van der Waals surface area (Å²) in [6.45, 7) is 1.96. The van der Waals surface area contributed by atoms with Crippen LogP contribution in [0.4, 0.5) is 5.69 Å². The maximum Gasteiger partial charge on any atom is 0.233 e. The molecule has 0 spiro atoms. The van der Waals surface area contributed by atoms with Crippen molar-refractivity contribution in [3.05, 3.63) is 52.9 Å². The molecule has 170 valence electrons. The maximum absolute atomic E-state index is 12.7. The normalized spacial score (nSPS) is 17.9. The first-order valence-corrected chi connectivity index (χ1v) is 13.1. The highest BCUT2D eigenvalue weighted by molar-refractivity contribution is 7.92. The van der Waals surface area contributed by atoms with Crippen LogP contribution in [-0.4, -0.2) is 24.9 Å². The maximum atomic E-state index is 12.7. The van der Waals surface area contributed by atoms with E-state index in [1.165, 1.54) is 0 Å². The topological polar surface area (TPSA) is 99.9 Å². The van der Waals surface area contributed by atoms with E-state index in [2.05, 4.69) is 22.9 Å². The van der Waals surface area contributed by atoms with Crippen LogP contribution in [0.5, 0.6) is 0 Å². The monoisotopic (exact) mass is 461 g/mol. The van der Waals surface area contributed by atoms with Gasteiger partial charge in [-0.05, 0) is 72.9 Å². The number of carbonyl (C=O) groups excluding carboxylic acids is 1. The van der Waals surface area contributed by atoms with Crippen LogP contribution in [0.2, 0.25) is 0 Å². The van der Waals surface area contributed by atoms with Gasteiger partial charge in [-0.25, -0.2) is 8.42 Å². The zero-order chi connectivity index (χ0) is 23.2. The number of aromatic nitrogens is 1. The lowest BCUT2D eigenvalue weighted by Crippen LogP contribution is -2.23. The van der Waals surface area contributed by atoms with E-state index in [4.69, 9.17) is 10.2 Å². The van der Waals surface area contributed by atoms with Gasteiger partial charge in [-0.1, -0.05) is 18.2 Å². The van der Waals surface area contributed by atoms with Crippen LogP contribution in [0.25, 0.3) is 17.2 Å². The molecule has 1 aromatic heterocycles. The van der Waals surface area contributed by atoms with Gasteiger partial charge in [-0.3, -0.25) is 14.5 Å². The summed E-state index contributed by atoms with van der Waals surface area (Å²) in [5, 5.41) is 8.97. The molecule has 2 aromatic rings. The summed E-state index contributed by atoms with van der Waals surface area (Å²) < 4.78 is 28.1. The van der Waals surface area contributed by atoms with Gasteiger partial charge in [-0.2, -0.15) is 5.26 Å². The fraction of sp³-hybridized carbons (Fsp3) is 0.423. The number of rotatable bonds is 9. The van der Waals surface area contributed by atoms with Crippen molar-refractivity contribution in [1.82, 2.24) is 4.98 Å². The van der Waals surface area contributed by atoms with Gasteiger partial charge < -0.3 is 0 Å². The molecule has 1 N–H and O–H groups in total. The minimum Gasteiger partial charge on any atom is -0.299 e. The molecule has 7 heteroatoms. The number of anilines is 1. The molecule has 1 aromatic carbocycles. The Morgan fingerprint density at radius 3 is 2.70 bits per heavy atom. The van der Waals surface area contributed by atoms with E-state index >= 15 is 0 Å². The average molecular weight is 462 g/mol. The second-order valence-corrected chi connectivity index (χ2v) is 11.5. The molecule has 0 radical (unpaired) electrons. The molecule has 1 heterocycles. The molecule has 33 heavy (non-hydrogen) atoms. The number of fused-ring (bicyclic) bond motifs is 1. The molecule has 3 aliphatic carbocycles. The number of hydrogen-bond acceptors (Lipinski definition) is 5. The molecule has 5 rings (SSSR count). The molecule has 3 aliphatic rings. The SMILES string of the molecule is Cc1cc(NS(=O)(=O)CC2(CC#N)CC2)ccc1-c1cc(CC(=O)C2CC2)nc2c1C=CC2. The summed E-state index contributed by atoms with van der Waals surface area (Å²) in [6.07, 6.45) is 9.11. The number of Topliss-reactive ketones (excluding diaryl/α,β-unsaturated/α-hetero) is 1. The number of carbonyl (C=O) groups is 1. The van der Waals surface area contributed by atoms with Gasteiger partial charge in [0.25, 0.3) is 0 Å². The Balaban J connectivity index is 1.40. The average Bonchev–Trinajstić information content (AvgIpc) is 3.66. The minimum atomic E-state index is -3.54. The van der Waals surface area contributed by atoms with Crippen molar-refractivity contribution in [3.63, 3.8) is 0 Å². The third-order valence-electron chi connectivity index (χ3n) is 6.87. The fourth-order valence-corrected chi connectivity index (χ4v) is 6.46. The van der Waals surface area contributed by atoms with Crippen LogP contribution >= 0.6 is 0 Å². The Hall–Kier alpha value is -2.98. The van der Waals surface area contributed by atoms with Gasteiger partial charge >= 0.3 is 0 Å². The van der Waals surface area contributed by atoms with Crippen LogP contribution in [0.1, 0.15) is 54.6 Å². The smallest absolute Gasteiger partial charge is 0.233 e. The summed E-state index contributed by atoms with van der Waals surface area (Å²) in [7, 11) is -3.54. The van der Waals surface area contributed by atoms with Crippen molar-refractivity contribution in [1.29, 1.82) is 5.26 Å². The van der Waals surface area contributed by atoms with Crippen molar-refractivity contribution >= 4 is 27.6 Å². The number of nitriles is 1. The standard InChI is InChI=1S/C26H27N3O3S/c1-17-13-19(29-33(31,32)16-26(9-10-26)11-12-27)7-8-21(17)23-14-20(15-25(30)18-5-6-18)28-24-4-2-3-22(23)24/h2-3,7-8,13-14,18,29H,4-6,9-11,15-16H2,1H3. The number of nitrogens with zero attached hydrogens (tertiary/aromatic N) is 2. The number of ketones is 1. The fourth-order valence-electron chi connectivity index (χ4n) is 4.70. The highest BCUT2D eigenvalue weighted by atomic mass is 32.2. The van der Waals surface area contributed by atoms with E-state index in [9.17, 15) is 13.2 Å². The van der Waals surface area contributed by atoms with Crippen molar-refractivity contribution in [2.24, 2.45) is 11.3 Å². The molecular weight excluding hydrogens is 434 g/mol. The van der Waals surface area contributed by atoms with Crippen LogP contribution in [-0.2, 0) is 27.7 Å². The summed E-state index contributed by atoms with van der Waals surface area (Å²) in [5.74, 6) is 0.458. The summed E-state index contributed by atoms with van der Waals surface area (Å²) in [6, 6.07) is 9.69. The molecule has 0 aliphatic heterocycles. The largest absolute Gasteiger partial charge is 0.299 e. The Bertz CT molecular complexity index is 1310. The number of aryl methyl sites for hydroxylation is 1. The Morgan fingerprint density at radius 1 is 1.24 bits per heavy atom. The molecule has 2 fully saturated rings. The second kappa shape index (κ2) is 8.11. The summed E-state index contributed by atoms with van der Waals surface area (Å²) in [5.41, 5.74) is 5.99. The number of pyridine rings is 1. The van der Waals surface area contributed by atoms with E-state index in [0.717, 1.165) is 65.7 Å². The molecule has 0 amide bonds. The lowest BCUT2D eigenvalue weighted by Gasteiger charge is -2.16. The van der Waals surface area contributed by atoms with E-state index in [1.807, 2.05) is 25.1 Å². The van der Waals surface area contributed by atoms with Crippen molar-refractivity contribution in [2.75, 3.05) is 10.5 Å². The zero-order valence-electron chi connectivity index (χ0n) is 18.7. The molecule has 0 saturated heterocycles. The number of allylic oxidation sites excluding steroid dienone is 1. The van der Waals surface area contributed by atoms with E-state index < -0.39 is 10.0 Å². The van der Waals surface area contributed by atoms with Crippen molar-refractivity contribution in [2.45, 2.75) is 51.9 Å². The van der Waals surface area contributed by atoms with Gasteiger partial charge in [0.15, 0.2) is 0 Å². The van der Waals surface area contributed by atoms with Gasteiger partial charge in [0.2, 0.25) is 10.0 Å². The van der Waals surface area contributed by atoms with Crippen molar-refractivity contribution in [3.8, 4) is 17.2 Å². The quantitative estimate of drug-likeness (QED) is 0.589.